The first-order chi connectivity index (χ1) is 10.2. The molecule has 0 unspecified atom stereocenters. The maximum atomic E-state index is 12.4. The lowest BCUT2D eigenvalue weighted by Gasteiger charge is -2.10. The third kappa shape index (κ3) is 3.13. The van der Waals surface area contributed by atoms with Crippen LogP contribution in [-0.2, 0) is 17.6 Å². The number of amides is 1. The van der Waals surface area contributed by atoms with Gasteiger partial charge in [0.05, 0.1) is 5.25 Å². The zero-order valence-electron chi connectivity index (χ0n) is 12.3. The van der Waals surface area contributed by atoms with E-state index in [9.17, 15) is 4.79 Å². The molecule has 1 heterocycles. The minimum absolute atomic E-state index is 0.0207. The van der Waals surface area contributed by atoms with E-state index in [1.54, 1.807) is 11.8 Å². The Balaban J connectivity index is 1.67. The first-order valence-corrected chi connectivity index (χ1v) is 8.19. The van der Waals surface area contributed by atoms with Crippen molar-refractivity contribution in [3.63, 3.8) is 0 Å². The number of anilines is 1. The summed E-state index contributed by atoms with van der Waals surface area (Å²) in [5, 5.41) is 3.00. The van der Waals surface area contributed by atoms with Gasteiger partial charge in [0.15, 0.2) is 0 Å². The standard InChI is InChI=1S/C18H19NOS/c1-3-13-5-8-15(9-6-13)19-18(20)17-11-14-7-4-12(2)10-16(14)21-17/h4-10,17H,3,11H2,1-2H3,(H,19,20)/t17-/m1/s1. The van der Waals surface area contributed by atoms with Crippen molar-refractivity contribution in [2.45, 2.75) is 36.8 Å². The molecule has 3 rings (SSSR count). The van der Waals surface area contributed by atoms with Crippen LogP contribution < -0.4 is 5.32 Å². The fraction of sp³-hybridized carbons (Fsp3) is 0.278. The first-order valence-electron chi connectivity index (χ1n) is 7.31. The van der Waals surface area contributed by atoms with Crippen molar-refractivity contribution in [2.24, 2.45) is 0 Å². The van der Waals surface area contributed by atoms with Crippen LogP contribution in [0, 0.1) is 6.92 Å². The summed E-state index contributed by atoms with van der Waals surface area (Å²) in [5.74, 6) is 0.0955. The topological polar surface area (TPSA) is 29.1 Å². The van der Waals surface area contributed by atoms with E-state index in [0.717, 1.165) is 18.5 Å². The molecule has 0 spiro atoms. The van der Waals surface area contributed by atoms with Crippen LogP contribution in [0.15, 0.2) is 47.4 Å². The van der Waals surface area contributed by atoms with E-state index in [2.05, 4.69) is 49.5 Å². The highest BCUT2D eigenvalue weighted by molar-refractivity contribution is 8.01. The molecule has 2 aromatic carbocycles. The molecule has 0 aromatic heterocycles. The van der Waals surface area contributed by atoms with Crippen molar-refractivity contribution in [1.82, 2.24) is 0 Å². The van der Waals surface area contributed by atoms with Gasteiger partial charge in [0.1, 0.15) is 0 Å². The van der Waals surface area contributed by atoms with Gasteiger partial charge in [0.2, 0.25) is 5.91 Å². The Labute approximate surface area is 130 Å². The summed E-state index contributed by atoms with van der Waals surface area (Å²) < 4.78 is 0. The Hall–Kier alpha value is -1.74. The molecule has 3 heteroatoms. The summed E-state index contributed by atoms with van der Waals surface area (Å²) >= 11 is 1.67. The van der Waals surface area contributed by atoms with Gasteiger partial charge in [0, 0.05) is 10.6 Å². The van der Waals surface area contributed by atoms with Gasteiger partial charge in [-0.1, -0.05) is 36.8 Å². The zero-order valence-corrected chi connectivity index (χ0v) is 13.2. The smallest absolute Gasteiger partial charge is 0.238 e. The molecule has 0 saturated heterocycles. The van der Waals surface area contributed by atoms with Gasteiger partial charge in [0.25, 0.3) is 0 Å². The Kier molecular flexibility index (Phi) is 4.02. The molecule has 2 nitrogen and oxygen atoms in total. The van der Waals surface area contributed by atoms with E-state index in [4.69, 9.17) is 0 Å². The number of rotatable bonds is 3. The zero-order chi connectivity index (χ0) is 14.8. The van der Waals surface area contributed by atoms with Gasteiger partial charge in [-0.25, -0.2) is 0 Å². The second-order valence-corrected chi connectivity index (χ2v) is 6.71. The van der Waals surface area contributed by atoms with Gasteiger partial charge in [-0.2, -0.15) is 0 Å². The lowest BCUT2D eigenvalue weighted by molar-refractivity contribution is -0.115. The molecule has 1 aliphatic heterocycles. The molecule has 0 aliphatic carbocycles. The molecule has 0 bridgehead atoms. The molecule has 0 fully saturated rings. The summed E-state index contributed by atoms with van der Waals surface area (Å²) in [7, 11) is 0. The van der Waals surface area contributed by atoms with Crippen molar-refractivity contribution in [1.29, 1.82) is 0 Å². The molecular weight excluding hydrogens is 278 g/mol. The number of aryl methyl sites for hydroxylation is 2. The summed E-state index contributed by atoms with van der Waals surface area (Å²) in [6.45, 7) is 4.21. The Morgan fingerprint density at radius 2 is 2.00 bits per heavy atom. The van der Waals surface area contributed by atoms with Crippen molar-refractivity contribution in [3.8, 4) is 0 Å². The van der Waals surface area contributed by atoms with E-state index in [1.165, 1.54) is 21.6 Å². The monoisotopic (exact) mass is 297 g/mol. The highest BCUT2D eigenvalue weighted by Crippen LogP contribution is 2.38. The van der Waals surface area contributed by atoms with Gasteiger partial charge in [-0.05, 0) is 49.1 Å². The van der Waals surface area contributed by atoms with Gasteiger partial charge < -0.3 is 5.32 Å². The number of hydrogen-bond acceptors (Lipinski definition) is 2. The minimum Gasteiger partial charge on any atom is -0.325 e. The third-order valence-electron chi connectivity index (χ3n) is 3.82. The highest BCUT2D eigenvalue weighted by atomic mass is 32.2. The predicted octanol–water partition coefficient (Wildman–Crippen LogP) is 4.21. The largest absolute Gasteiger partial charge is 0.325 e. The van der Waals surface area contributed by atoms with Crippen LogP contribution in [0.5, 0.6) is 0 Å². The number of benzene rings is 2. The summed E-state index contributed by atoms with van der Waals surface area (Å²) in [6, 6.07) is 14.5. The van der Waals surface area contributed by atoms with Crippen LogP contribution in [0.4, 0.5) is 5.69 Å². The summed E-state index contributed by atoms with van der Waals surface area (Å²) in [6.07, 6.45) is 1.83. The lowest BCUT2D eigenvalue weighted by Crippen LogP contribution is -2.24. The van der Waals surface area contributed by atoms with Crippen molar-refractivity contribution in [2.75, 3.05) is 5.32 Å². The van der Waals surface area contributed by atoms with Crippen molar-refractivity contribution < 1.29 is 4.79 Å². The average Bonchev–Trinajstić information content (AvgIpc) is 2.91. The second-order valence-electron chi connectivity index (χ2n) is 5.46. The lowest BCUT2D eigenvalue weighted by atomic mass is 10.1. The average molecular weight is 297 g/mol. The van der Waals surface area contributed by atoms with E-state index < -0.39 is 0 Å². The van der Waals surface area contributed by atoms with Crippen LogP contribution in [0.3, 0.4) is 0 Å². The number of carbonyl (C=O) groups is 1. The van der Waals surface area contributed by atoms with E-state index in [1.807, 2.05) is 12.1 Å². The molecule has 0 saturated carbocycles. The molecule has 108 valence electrons. The van der Waals surface area contributed by atoms with Gasteiger partial charge in [-0.3, -0.25) is 4.79 Å². The van der Waals surface area contributed by atoms with E-state index >= 15 is 0 Å². The molecule has 1 aliphatic rings. The number of fused-ring (bicyclic) bond motifs is 1. The quantitative estimate of drug-likeness (QED) is 0.919. The Bertz CT molecular complexity index is 663. The van der Waals surface area contributed by atoms with Crippen LogP contribution in [0.25, 0.3) is 0 Å². The number of thioether (sulfide) groups is 1. The number of hydrogen-bond donors (Lipinski definition) is 1. The van der Waals surface area contributed by atoms with E-state index in [0.29, 0.717) is 0 Å². The number of nitrogens with one attached hydrogen (secondary N) is 1. The molecule has 21 heavy (non-hydrogen) atoms. The van der Waals surface area contributed by atoms with Crippen LogP contribution in [0.1, 0.15) is 23.6 Å². The Morgan fingerprint density at radius 1 is 1.24 bits per heavy atom. The van der Waals surface area contributed by atoms with Crippen LogP contribution >= 0.6 is 11.8 Å². The molecule has 0 radical (unpaired) electrons. The van der Waals surface area contributed by atoms with Crippen molar-refractivity contribution >= 4 is 23.4 Å². The van der Waals surface area contributed by atoms with Crippen molar-refractivity contribution in [3.05, 3.63) is 59.2 Å². The van der Waals surface area contributed by atoms with Crippen LogP contribution in [0.2, 0.25) is 0 Å². The SMILES string of the molecule is CCc1ccc(NC(=O)[C@H]2Cc3ccc(C)cc3S2)cc1. The first kappa shape index (κ1) is 14.2. The third-order valence-corrected chi connectivity index (χ3v) is 5.12. The fourth-order valence-electron chi connectivity index (χ4n) is 2.53. The Morgan fingerprint density at radius 3 is 2.71 bits per heavy atom. The second kappa shape index (κ2) is 5.94. The molecule has 1 atom stereocenters. The fourth-order valence-corrected chi connectivity index (χ4v) is 3.82. The van der Waals surface area contributed by atoms with Gasteiger partial charge >= 0.3 is 0 Å². The summed E-state index contributed by atoms with van der Waals surface area (Å²) in [5.41, 5.74) is 4.70. The maximum absolute atomic E-state index is 12.4. The molecule has 1 N–H and O–H groups in total. The van der Waals surface area contributed by atoms with Crippen LogP contribution in [-0.4, -0.2) is 11.2 Å². The highest BCUT2D eigenvalue weighted by Gasteiger charge is 2.28. The van der Waals surface area contributed by atoms with E-state index in [-0.39, 0.29) is 11.2 Å². The molecular formula is C18H19NOS. The minimum atomic E-state index is -0.0207. The van der Waals surface area contributed by atoms with Gasteiger partial charge in [-0.15, -0.1) is 11.8 Å². The molecule has 1 amide bonds. The molecule has 2 aromatic rings. The normalized spacial score (nSPS) is 16.6. The summed E-state index contributed by atoms with van der Waals surface area (Å²) in [4.78, 5) is 13.6. The predicted molar refractivity (Wildman–Crippen MR) is 89.0 cm³/mol. The number of carbonyl (C=O) groups excluding carboxylic acids is 1. The maximum Gasteiger partial charge on any atom is 0.238 e.